The molecule has 21 heavy (non-hydrogen) atoms. The zero-order chi connectivity index (χ0) is 15.2. The second-order valence-corrected chi connectivity index (χ2v) is 5.38. The number of rotatable bonds is 6. The average Bonchev–Trinajstić information content (AvgIpc) is 2.93. The standard InChI is InChI=1S/C15H17BrN2O3/c1-3-6-18-9-13(8-17-18)21-10-12-5-4-11(7-14(12)16)15(19)20-2/h4-5,7-9H,3,6,10H2,1-2H3. The molecule has 2 rings (SSSR count). The third-order valence-electron chi connectivity index (χ3n) is 2.93. The molecular formula is C15H17BrN2O3. The molecular weight excluding hydrogens is 336 g/mol. The van der Waals surface area contributed by atoms with E-state index in [1.807, 2.05) is 16.9 Å². The van der Waals surface area contributed by atoms with Gasteiger partial charge in [-0.2, -0.15) is 5.10 Å². The highest BCUT2D eigenvalue weighted by molar-refractivity contribution is 9.10. The maximum absolute atomic E-state index is 11.4. The molecule has 0 amide bonds. The Bertz CT molecular complexity index is 625. The summed E-state index contributed by atoms with van der Waals surface area (Å²) < 4.78 is 13.0. The Kier molecular flexibility index (Phi) is 5.38. The summed E-state index contributed by atoms with van der Waals surface area (Å²) in [5, 5.41) is 4.21. The van der Waals surface area contributed by atoms with Gasteiger partial charge in [0.05, 0.1) is 25.1 Å². The van der Waals surface area contributed by atoms with Crippen molar-refractivity contribution in [2.45, 2.75) is 26.5 Å². The summed E-state index contributed by atoms with van der Waals surface area (Å²) in [7, 11) is 1.36. The van der Waals surface area contributed by atoms with Gasteiger partial charge in [-0.15, -0.1) is 0 Å². The van der Waals surface area contributed by atoms with Gasteiger partial charge in [0, 0.05) is 16.6 Å². The van der Waals surface area contributed by atoms with Crippen LogP contribution in [0, 0.1) is 0 Å². The highest BCUT2D eigenvalue weighted by Crippen LogP contribution is 2.21. The summed E-state index contributed by atoms with van der Waals surface area (Å²) in [5.41, 5.74) is 1.45. The van der Waals surface area contributed by atoms with E-state index in [0.29, 0.717) is 12.2 Å². The van der Waals surface area contributed by atoms with Crippen LogP contribution in [0.3, 0.4) is 0 Å². The molecule has 0 bridgehead atoms. The largest absolute Gasteiger partial charge is 0.486 e. The van der Waals surface area contributed by atoms with Crippen LogP contribution in [0.15, 0.2) is 35.1 Å². The molecule has 1 heterocycles. The van der Waals surface area contributed by atoms with E-state index in [4.69, 9.17) is 4.74 Å². The van der Waals surface area contributed by atoms with Gasteiger partial charge >= 0.3 is 5.97 Å². The third kappa shape index (κ3) is 4.07. The lowest BCUT2D eigenvalue weighted by atomic mass is 10.1. The average molecular weight is 353 g/mol. The fourth-order valence-corrected chi connectivity index (χ4v) is 2.33. The predicted molar refractivity (Wildman–Crippen MR) is 82.3 cm³/mol. The van der Waals surface area contributed by atoms with Gasteiger partial charge in [-0.05, 0) is 18.6 Å². The highest BCUT2D eigenvalue weighted by Gasteiger charge is 2.09. The summed E-state index contributed by atoms with van der Waals surface area (Å²) in [6.07, 6.45) is 4.61. The molecule has 0 spiro atoms. The van der Waals surface area contributed by atoms with E-state index in [9.17, 15) is 4.79 Å². The molecule has 0 aliphatic rings. The van der Waals surface area contributed by atoms with Gasteiger partial charge in [0.1, 0.15) is 6.61 Å². The number of nitrogens with zero attached hydrogens (tertiary/aromatic N) is 2. The Balaban J connectivity index is 2.00. The topological polar surface area (TPSA) is 53.4 Å². The first-order chi connectivity index (χ1) is 10.1. The monoisotopic (exact) mass is 352 g/mol. The zero-order valence-corrected chi connectivity index (χ0v) is 13.6. The second kappa shape index (κ2) is 7.26. The molecule has 0 aliphatic carbocycles. The Labute approximate surface area is 132 Å². The lowest BCUT2D eigenvalue weighted by molar-refractivity contribution is 0.0600. The van der Waals surface area contributed by atoms with E-state index in [-0.39, 0.29) is 5.97 Å². The molecule has 0 fully saturated rings. The Morgan fingerprint density at radius 1 is 1.43 bits per heavy atom. The van der Waals surface area contributed by atoms with Crippen LogP contribution >= 0.6 is 15.9 Å². The number of carbonyl (C=O) groups is 1. The molecule has 0 aliphatic heterocycles. The van der Waals surface area contributed by atoms with Crippen molar-refractivity contribution in [1.29, 1.82) is 0 Å². The second-order valence-electron chi connectivity index (χ2n) is 4.53. The molecule has 112 valence electrons. The van der Waals surface area contributed by atoms with Crippen molar-refractivity contribution in [1.82, 2.24) is 9.78 Å². The van der Waals surface area contributed by atoms with E-state index in [1.165, 1.54) is 7.11 Å². The van der Waals surface area contributed by atoms with Gasteiger partial charge < -0.3 is 9.47 Å². The van der Waals surface area contributed by atoms with Crippen LogP contribution in [0.1, 0.15) is 29.3 Å². The minimum Gasteiger partial charge on any atom is -0.486 e. The van der Waals surface area contributed by atoms with Gasteiger partial charge in [-0.1, -0.05) is 28.9 Å². The maximum atomic E-state index is 11.4. The van der Waals surface area contributed by atoms with Crippen molar-refractivity contribution in [3.05, 3.63) is 46.2 Å². The van der Waals surface area contributed by atoms with E-state index >= 15 is 0 Å². The molecule has 6 heteroatoms. The van der Waals surface area contributed by atoms with Crippen LogP contribution in [-0.2, 0) is 17.9 Å². The minimum atomic E-state index is -0.357. The molecule has 2 aromatic rings. The summed E-state index contributed by atoms with van der Waals surface area (Å²) in [5.74, 6) is 0.372. The lowest BCUT2D eigenvalue weighted by Gasteiger charge is -2.07. The van der Waals surface area contributed by atoms with Gasteiger partial charge in [0.15, 0.2) is 5.75 Å². The first kappa shape index (κ1) is 15.6. The van der Waals surface area contributed by atoms with E-state index < -0.39 is 0 Å². The Hall–Kier alpha value is -1.82. The normalized spacial score (nSPS) is 10.4. The predicted octanol–water partition coefficient (Wildman–Crippen LogP) is 3.42. The van der Waals surface area contributed by atoms with Crippen molar-refractivity contribution in [3.63, 3.8) is 0 Å². The summed E-state index contributed by atoms with van der Waals surface area (Å²) in [6, 6.07) is 5.29. The number of benzene rings is 1. The Morgan fingerprint density at radius 3 is 2.90 bits per heavy atom. The molecule has 1 aromatic heterocycles. The third-order valence-corrected chi connectivity index (χ3v) is 3.67. The van der Waals surface area contributed by atoms with Gasteiger partial charge in [-0.25, -0.2) is 4.79 Å². The number of carbonyl (C=O) groups excluding carboxylic acids is 1. The molecule has 0 atom stereocenters. The maximum Gasteiger partial charge on any atom is 0.337 e. The molecule has 5 nitrogen and oxygen atoms in total. The number of ether oxygens (including phenoxy) is 2. The molecule has 0 saturated heterocycles. The number of methoxy groups -OCH3 is 1. The highest BCUT2D eigenvalue weighted by atomic mass is 79.9. The number of hydrogen-bond acceptors (Lipinski definition) is 4. The number of aromatic nitrogens is 2. The minimum absolute atomic E-state index is 0.357. The molecule has 0 N–H and O–H groups in total. The number of halogens is 1. The fourth-order valence-electron chi connectivity index (χ4n) is 1.84. The molecule has 1 aromatic carbocycles. The van der Waals surface area contributed by atoms with Gasteiger partial charge in [-0.3, -0.25) is 4.68 Å². The van der Waals surface area contributed by atoms with Crippen LogP contribution in [0.25, 0.3) is 0 Å². The fraction of sp³-hybridized carbons (Fsp3) is 0.333. The summed E-state index contributed by atoms with van der Waals surface area (Å²) in [4.78, 5) is 11.4. The van der Waals surface area contributed by atoms with E-state index in [2.05, 4.69) is 32.7 Å². The van der Waals surface area contributed by atoms with Crippen LogP contribution in [0.2, 0.25) is 0 Å². The lowest BCUT2D eigenvalue weighted by Crippen LogP contribution is -2.03. The number of esters is 1. The van der Waals surface area contributed by atoms with Crippen molar-refractivity contribution >= 4 is 21.9 Å². The van der Waals surface area contributed by atoms with Crippen molar-refractivity contribution < 1.29 is 14.3 Å². The molecule has 0 saturated carbocycles. The first-order valence-corrected chi connectivity index (χ1v) is 7.45. The van der Waals surface area contributed by atoms with Gasteiger partial charge in [0.2, 0.25) is 0 Å². The number of aryl methyl sites for hydroxylation is 1. The molecule has 0 unspecified atom stereocenters. The smallest absolute Gasteiger partial charge is 0.337 e. The van der Waals surface area contributed by atoms with E-state index in [0.717, 1.165) is 28.8 Å². The zero-order valence-electron chi connectivity index (χ0n) is 12.0. The quantitative estimate of drug-likeness (QED) is 0.747. The summed E-state index contributed by atoms with van der Waals surface area (Å²) in [6.45, 7) is 3.38. The van der Waals surface area contributed by atoms with E-state index in [1.54, 1.807) is 18.3 Å². The van der Waals surface area contributed by atoms with Crippen molar-refractivity contribution in [2.75, 3.05) is 7.11 Å². The van der Waals surface area contributed by atoms with Crippen LogP contribution in [0.5, 0.6) is 5.75 Å². The van der Waals surface area contributed by atoms with Gasteiger partial charge in [0.25, 0.3) is 0 Å². The Morgan fingerprint density at radius 2 is 2.24 bits per heavy atom. The molecule has 0 radical (unpaired) electrons. The van der Waals surface area contributed by atoms with Crippen LogP contribution in [-0.4, -0.2) is 22.9 Å². The SMILES string of the molecule is CCCn1cc(OCc2ccc(C(=O)OC)cc2Br)cn1. The van der Waals surface area contributed by atoms with Crippen molar-refractivity contribution in [3.8, 4) is 5.75 Å². The van der Waals surface area contributed by atoms with Crippen molar-refractivity contribution in [2.24, 2.45) is 0 Å². The first-order valence-electron chi connectivity index (χ1n) is 6.66. The van der Waals surface area contributed by atoms with Crippen LogP contribution < -0.4 is 4.74 Å². The summed E-state index contributed by atoms with van der Waals surface area (Å²) >= 11 is 3.44. The van der Waals surface area contributed by atoms with Crippen LogP contribution in [0.4, 0.5) is 0 Å². The number of hydrogen-bond donors (Lipinski definition) is 0.